The van der Waals surface area contributed by atoms with Gasteiger partial charge in [0.2, 0.25) is 0 Å². The van der Waals surface area contributed by atoms with Gasteiger partial charge in [-0.1, -0.05) is 13.3 Å². The summed E-state index contributed by atoms with van der Waals surface area (Å²) in [5.74, 6) is 0.809. The van der Waals surface area contributed by atoms with Crippen LogP contribution in [-0.4, -0.2) is 24.7 Å². The van der Waals surface area contributed by atoms with Crippen LogP contribution in [0.2, 0.25) is 0 Å². The Hall–Kier alpha value is -1.55. The van der Waals surface area contributed by atoms with E-state index in [1.54, 1.807) is 7.11 Å². The molecule has 1 amide bonds. The number of ether oxygens (including phenoxy) is 2. The van der Waals surface area contributed by atoms with Crippen LogP contribution in [0, 0.1) is 6.92 Å². The number of benzene rings is 1. The zero-order valence-corrected chi connectivity index (χ0v) is 14.8. The Morgan fingerprint density at radius 3 is 2.61 bits per heavy atom. The first kappa shape index (κ1) is 17.8. The van der Waals surface area contributed by atoms with Crippen LogP contribution in [0.1, 0.15) is 57.9 Å². The van der Waals surface area contributed by atoms with Gasteiger partial charge in [0.05, 0.1) is 6.10 Å². The monoisotopic (exact) mass is 319 g/mol. The van der Waals surface area contributed by atoms with Crippen molar-refractivity contribution in [3.8, 4) is 5.75 Å². The predicted molar refractivity (Wildman–Crippen MR) is 93.0 cm³/mol. The van der Waals surface area contributed by atoms with Crippen molar-refractivity contribution < 1.29 is 14.3 Å². The number of hydrogen-bond donors (Lipinski definition) is 1. The number of anilines is 1. The maximum atomic E-state index is 12.5. The first-order chi connectivity index (χ1) is 11.0. The molecule has 0 aliphatic heterocycles. The molecule has 0 aromatic heterocycles. The van der Waals surface area contributed by atoms with E-state index in [1.165, 1.54) is 12.8 Å². The molecule has 0 spiro atoms. The predicted octanol–water partition coefficient (Wildman–Crippen LogP) is 4.46. The quantitative estimate of drug-likeness (QED) is 0.807. The van der Waals surface area contributed by atoms with Gasteiger partial charge in [-0.3, -0.25) is 4.79 Å². The Bertz CT molecular complexity index is 537. The van der Waals surface area contributed by atoms with Crippen molar-refractivity contribution in [2.45, 2.75) is 71.0 Å². The molecule has 0 radical (unpaired) electrons. The van der Waals surface area contributed by atoms with Crippen LogP contribution < -0.4 is 10.1 Å². The van der Waals surface area contributed by atoms with Gasteiger partial charge in [0.25, 0.3) is 5.91 Å². The van der Waals surface area contributed by atoms with E-state index in [4.69, 9.17) is 9.47 Å². The van der Waals surface area contributed by atoms with Crippen molar-refractivity contribution in [1.82, 2.24) is 0 Å². The minimum Gasteiger partial charge on any atom is -0.490 e. The van der Waals surface area contributed by atoms with Gasteiger partial charge in [0, 0.05) is 12.8 Å². The van der Waals surface area contributed by atoms with Crippen molar-refractivity contribution in [1.29, 1.82) is 0 Å². The van der Waals surface area contributed by atoms with Crippen LogP contribution in [-0.2, 0) is 9.53 Å². The standard InChI is InChI=1S/C19H29NO3/c1-5-12-19(3,22-4)18(21)20-15-10-11-17(14(2)13-15)23-16-8-6-7-9-16/h10-11,13,16H,5-9,12H2,1-4H3,(H,20,21)/t19-/m1/s1. The average Bonchev–Trinajstić information content (AvgIpc) is 3.03. The number of rotatable bonds is 7. The van der Waals surface area contributed by atoms with E-state index in [2.05, 4.69) is 5.32 Å². The number of amides is 1. The van der Waals surface area contributed by atoms with E-state index in [0.29, 0.717) is 12.5 Å². The molecular weight excluding hydrogens is 290 g/mol. The summed E-state index contributed by atoms with van der Waals surface area (Å²) in [6.45, 7) is 5.89. The summed E-state index contributed by atoms with van der Waals surface area (Å²) in [7, 11) is 1.58. The largest absolute Gasteiger partial charge is 0.490 e. The second-order valence-electron chi connectivity index (χ2n) is 6.64. The Morgan fingerprint density at radius 2 is 2.04 bits per heavy atom. The van der Waals surface area contributed by atoms with E-state index in [9.17, 15) is 4.79 Å². The lowest BCUT2D eigenvalue weighted by molar-refractivity contribution is -0.136. The molecule has 1 aliphatic carbocycles. The highest BCUT2D eigenvalue weighted by Crippen LogP contribution is 2.28. The van der Waals surface area contributed by atoms with E-state index in [0.717, 1.165) is 36.3 Å². The normalized spacial score (nSPS) is 17.7. The van der Waals surface area contributed by atoms with E-state index in [-0.39, 0.29) is 5.91 Å². The molecule has 0 unspecified atom stereocenters. The second kappa shape index (κ2) is 7.82. The molecule has 1 aliphatic rings. The number of aryl methyl sites for hydroxylation is 1. The molecule has 1 saturated carbocycles. The molecule has 0 saturated heterocycles. The third-order valence-corrected chi connectivity index (χ3v) is 4.69. The first-order valence-corrected chi connectivity index (χ1v) is 8.62. The lowest BCUT2D eigenvalue weighted by atomic mass is 9.99. The molecule has 0 heterocycles. The highest BCUT2D eigenvalue weighted by atomic mass is 16.5. The lowest BCUT2D eigenvalue weighted by Crippen LogP contribution is -2.41. The maximum Gasteiger partial charge on any atom is 0.256 e. The van der Waals surface area contributed by atoms with Gasteiger partial charge in [-0.25, -0.2) is 0 Å². The summed E-state index contributed by atoms with van der Waals surface area (Å²) in [4.78, 5) is 12.5. The van der Waals surface area contributed by atoms with E-state index in [1.807, 2.05) is 39.0 Å². The zero-order valence-electron chi connectivity index (χ0n) is 14.8. The Labute approximate surface area is 139 Å². The van der Waals surface area contributed by atoms with Gasteiger partial charge in [0.1, 0.15) is 11.4 Å². The molecule has 1 aromatic rings. The molecule has 4 nitrogen and oxygen atoms in total. The molecule has 23 heavy (non-hydrogen) atoms. The molecule has 1 N–H and O–H groups in total. The van der Waals surface area contributed by atoms with Crippen molar-refractivity contribution in [3.05, 3.63) is 23.8 Å². The molecule has 1 fully saturated rings. The van der Waals surface area contributed by atoms with Crippen LogP contribution in [0.15, 0.2) is 18.2 Å². The second-order valence-corrected chi connectivity index (χ2v) is 6.64. The molecule has 128 valence electrons. The number of carbonyl (C=O) groups excluding carboxylic acids is 1. The fourth-order valence-corrected chi connectivity index (χ4v) is 3.09. The van der Waals surface area contributed by atoms with Crippen LogP contribution in [0.25, 0.3) is 0 Å². The van der Waals surface area contributed by atoms with Crippen molar-refractivity contribution in [2.75, 3.05) is 12.4 Å². The average molecular weight is 319 g/mol. The Morgan fingerprint density at radius 1 is 1.35 bits per heavy atom. The number of methoxy groups -OCH3 is 1. The smallest absolute Gasteiger partial charge is 0.256 e. The van der Waals surface area contributed by atoms with Crippen LogP contribution in [0.4, 0.5) is 5.69 Å². The maximum absolute atomic E-state index is 12.5. The molecule has 2 rings (SSSR count). The van der Waals surface area contributed by atoms with Crippen LogP contribution >= 0.6 is 0 Å². The fourth-order valence-electron chi connectivity index (χ4n) is 3.09. The van der Waals surface area contributed by atoms with Gasteiger partial charge in [-0.15, -0.1) is 0 Å². The van der Waals surface area contributed by atoms with Gasteiger partial charge in [0.15, 0.2) is 0 Å². The van der Waals surface area contributed by atoms with Crippen LogP contribution in [0.3, 0.4) is 0 Å². The lowest BCUT2D eigenvalue weighted by Gasteiger charge is -2.26. The van der Waals surface area contributed by atoms with Gasteiger partial charge >= 0.3 is 0 Å². The SMILES string of the molecule is CCC[C@@](C)(OC)C(=O)Nc1ccc(OC2CCCC2)c(C)c1. The number of hydrogen-bond acceptors (Lipinski definition) is 3. The minimum atomic E-state index is -0.790. The van der Waals surface area contributed by atoms with Crippen molar-refractivity contribution in [2.24, 2.45) is 0 Å². The summed E-state index contributed by atoms with van der Waals surface area (Å²) in [5.41, 5.74) is 1.04. The highest BCUT2D eigenvalue weighted by Gasteiger charge is 2.32. The molecular formula is C19H29NO3. The Kier molecular flexibility index (Phi) is 6.05. The van der Waals surface area contributed by atoms with E-state index >= 15 is 0 Å². The van der Waals surface area contributed by atoms with Crippen molar-refractivity contribution in [3.63, 3.8) is 0 Å². The zero-order chi connectivity index (χ0) is 16.9. The third-order valence-electron chi connectivity index (χ3n) is 4.69. The van der Waals surface area contributed by atoms with E-state index < -0.39 is 5.60 Å². The summed E-state index contributed by atoms with van der Waals surface area (Å²) < 4.78 is 11.5. The minimum absolute atomic E-state index is 0.106. The van der Waals surface area contributed by atoms with Crippen molar-refractivity contribution >= 4 is 11.6 Å². The molecule has 4 heteroatoms. The van der Waals surface area contributed by atoms with Crippen LogP contribution in [0.5, 0.6) is 5.75 Å². The molecule has 1 aromatic carbocycles. The first-order valence-electron chi connectivity index (χ1n) is 8.62. The molecule has 0 bridgehead atoms. The van der Waals surface area contributed by atoms with Gasteiger partial charge in [-0.2, -0.15) is 0 Å². The summed E-state index contributed by atoms with van der Waals surface area (Å²) in [6.07, 6.45) is 6.72. The molecule has 1 atom stereocenters. The number of carbonyl (C=O) groups is 1. The third kappa shape index (κ3) is 4.47. The highest BCUT2D eigenvalue weighted by molar-refractivity contribution is 5.97. The number of nitrogens with one attached hydrogen (secondary N) is 1. The summed E-state index contributed by atoms with van der Waals surface area (Å²) in [6, 6.07) is 5.81. The summed E-state index contributed by atoms with van der Waals surface area (Å²) in [5, 5.41) is 2.96. The van der Waals surface area contributed by atoms with Gasteiger partial charge in [-0.05, 0) is 69.7 Å². The fraction of sp³-hybridized carbons (Fsp3) is 0.632. The summed E-state index contributed by atoms with van der Waals surface area (Å²) >= 11 is 0. The topological polar surface area (TPSA) is 47.6 Å². The van der Waals surface area contributed by atoms with Gasteiger partial charge < -0.3 is 14.8 Å². The Balaban J connectivity index is 2.03.